The third-order valence-corrected chi connectivity index (χ3v) is 1.91. The Kier molecular flexibility index (Phi) is 6.63. The zero-order valence-electron chi connectivity index (χ0n) is 9.22. The summed E-state index contributed by atoms with van der Waals surface area (Å²) in [7, 11) is 0. The molecule has 1 nitrogen and oxygen atoms in total. The van der Waals surface area contributed by atoms with Gasteiger partial charge in [-0.05, 0) is 24.6 Å². The molecule has 0 N–H and O–H groups in total. The van der Waals surface area contributed by atoms with Crippen molar-refractivity contribution in [3.05, 3.63) is 47.4 Å². The van der Waals surface area contributed by atoms with Crippen LogP contribution in [0, 0.1) is 5.82 Å². The van der Waals surface area contributed by atoms with Gasteiger partial charge >= 0.3 is 0 Å². The van der Waals surface area contributed by atoms with E-state index in [1.807, 2.05) is 20.8 Å². The van der Waals surface area contributed by atoms with Crippen LogP contribution >= 0.6 is 11.6 Å². The normalized spacial score (nSPS) is 10.3. The monoisotopic (exact) mass is 227 g/mol. The van der Waals surface area contributed by atoms with E-state index >= 15 is 0 Å². The summed E-state index contributed by atoms with van der Waals surface area (Å²) < 4.78 is 12.8. The van der Waals surface area contributed by atoms with E-state index in [0.29, 0.717) is 0 Å². The van der Waals surface area contributed by atoms with Crippen LogP contribution in [0.5, 0.6) is 0 Å². The summed E-state index contributed by atoms with van der Waals surface area (Å²) in [5, 5.41) is 0.108. The minimum atomic E-state index is -0.420. The van der Waals surface area contributed by atoms with Gasteiger partial charge in [0.1, 0.15) is 5.82 Å². The highest BCUT2D eigenvalue weighted by molar-refractivity contribution is 6.31. The lowest BCUT2D eigenvalue weighted by atomic mass is 10.1. The fraction of sp³-hybridized carbons (Fsp3) is 0.250. The molecule has 15 heavy (non-hydrogen) atoms. The van der Waals surface area contributed by atoms with E-state index in [0.717, 1.165) is 11.3 Å². The quantitative estimate of drug-likeness (QED) is 0.662. The number of halogens is 2. The third-order valence-electron chi connectivity index (χ3n) is 1.62. The standard InChI is InChI=1S/C10H9ClFN.C2H6/c1-3-13-7(2)8-4-5-10(12)9(11)6-8;1-2/h3-6H,1H2,2H3;1-2H3. The fourth-order valence-corrected chi connectivity index (χ4v) is 1.11. The van der Waals surface area contributed by atoms with E-state index in [2.05, 4.69) is 11.6 Å². The second-order valence-corrected chi connectivity index (χ2v) is 2.93. The summed E-state index contributed by atoms with van der Waals surface area (Å²) in [6.07, 6.45) is 1.44. The van der Waals surface area contributed by atoms with Gasteiger partial charge in [0.25, 0.3) is 0 Å². The minimum absolute atomic E-state index is 0.108. The Balaban J connectivity index is 0.000000921. The molecular weight excluding hydrogens is 213 g/mol. The van der Waals surface area contributed by atoms with Crippen LogP contribution < -0.4 is 0 Å². The van der Waals surface area contributed by atoms with Gasteiger partial charge < -0.3 is 0 Å². The number of nitrogens with zero attached hydrogens (tertiary/aromatic N) is 1. The molecule has 0 spiro atoms. The molecule has 0 aliphatic carbocycles. The molecule has 0 radical (unpaired) electrons. The first-order chi connectivity index (χ1) is 7.15. The van der Waals surface area contributed by atoms with Crippen molar-refractivity contribution in [1.82, 2.24) is 0 Å². The molecule has 1 aromatic rings. The molecule has 1 aromatic carbocycles. The molecule has 0 aliphatic rings. The molecule has 0 saturated heterocycles. The van der Waals surface area contributed by atoms with Gasteiger partial charge in [-0.3, -0.25) is 4.99 Å². The Morgan fingerprint density at radius 3 is 2.53 bits per heavy atom. The van der Waals surface area contributed by atoms with Gasteiger partial charge in [0.05, 0.1) is 5.02 Å². The topological polar surface area (TPSA) is 12.4 Å². The van der Waals surface area contributed by atoms with Gasteiger partial charge in [-0.15, -0.1) is 0 Å². The third kappa shape index (κ3) is 4.26. The number of hydrogen-bond acceptors (Lipinski definition) is 1. The maximum Gasteiger partial charge on any atom is 0.141 e. The van der Waals surface area contributed by atoms with Crippen LogP contribution in [0.2, 0.25) is 5.02 Å². The molecule has 0 unspecified atom stereocenters. The van der Waals surface area contributed by atoms with Crippen LogP contribution in [-0.4, -0.2) is 5.71 Å². The summed E-state index contributed by atoms with van der Waals surface area (Å²) in [5.74, 6) is -0.420. The van der Waals surface area contributed by atoms with Crippen LogP contribution in [0.4, 0.5) is 4.39 Å². The Morgan fingerprint density at radius 1 is 1.47 bits per heavy atom. The van der Waals surface area contributed by atoms with Crippen molar-refractivity contribution in [3.63, 3.8) is 0 Å². The smallest absolute Gasteiger partial charge is 0.141 e. The molecule has 0 aromatic heterocycles. The summed E-state index contributed by atoms with van der Waals surface area (Å²) in [6.45, 7) is 9.28. The van der Waals surface area contributed by atoms with Crippen LogP contribution in [-0.2, 0) is 0 Å². The van der Waals surface area contributed by atoms with Gasteiger partial charge in [-0.1, -0.05) is 38.1 Å². The van der Waals surface area contributed by atoms with Crippen LogP contribution in [0.15, 0.2) is 36.0 Å². The lowest BCUT2D eigenvalue weighted by molar-refractivity contribution is 0.628. The van der Waals surface area contributed by atoms with Gasteiger partial charge in [-0.25, -0.2) is 4.39 Å². The minimum Gasteiger partial charge on any atom is -0.262 e. The SMILES string of the molecule is C=CN=C(C)c1ccc(F)c(Cl)c1.CC. The first kappa shape index (κ1) is 13.8. The number of rotatable bonds is 2. The Bertz CT molecular complexity index is 359. The van der Waals surface area contributed by atoms with Crippen molar-refractivity contribution in [3.8, 4) is 0 Å². The van der Waals surface area contributed by atoms with Crippen molar-refractivity contribution >= 4 is 17.3 Å². The second-order valence-electron chi connectivity index (χ2n) is 2.53. The average Bonchev–Trinajstić information content (AvgIpc) is 2.25. The first-order valence-corrected chi connectivity index (χ1v) is 5.13. The van der Waals surface area contributed by atoms with Crippen molar-refractivity contribution in [2.75, 3.05) is 0 Å². The van der Waals surface area contributed by atoms with E-state index in [1.165, 1.54) is 12.3 Å². The maximum atomic E-state index is 12.8. The van der Waals surface area contributed by atoms with E-state index in [1.54, 1.807) is 12.1 Å². The van der Waals surface area contributed by atoms with E-state index in [9.17, 15) is 4.39 Å². The molecule has 82 valence electrons. The maximum absolute atomic E-state index is 12.8. The van der Waals surface area contributed by atoms with Crippen molar-refractivity contribution in [2.24, 2.45) is 4.99 Å². The predicted octanol–water partition coefficient (Wildman–Crippen LogP) is 4.46. The van der Waals surface area contributed by atoms with Gasteiger partial charge in [0, 0.05) is 11.9 Å². The van der Waals surface area contributed by atoms with Crippen molar-refractivity contribution < 1.29 is 4.39 Å². The lowest BCUT2D eigenvalue weighted by Gasteiger charge is -2.00. The lowest BCUT2D eigenvalue weighted by Crippen LogP contribution is -1.94. The summed E-state index contributed by atoms with van der Waals surface area (Å²) >= 11 is 5.60. The molecule has 0 saturated carbocycles. The van der Waals surface area contributed by atoms with E-state index in [-0.39, 0.29) is 5.02 Å². The molecule has 0 aliphatic heterocycles. The highest BCUT2D eigenvalue weighted by atomic mass is 35.5. The zero-order chi connectivity index (χ0) is 11.8. The largest absolute Gasteiger partial charge is 0.262 e. The molecule has 0 bridgehead atoms. The first-order valence-electron chi connectivity index (χ1n) is 4.76. The molecule has 0 atom stereocenters. The van der Waals surface area contributed by atoms with Gasteiger partial charge in [0.2, 0.25) is 0 Å². The van der Waals surface area contributed by atoms with E-state index < -0.39 is 5.82 Å². The summed E-state index contributed by atoms with van der Waals surface area (Å²) in [4.78, 5) is 3.97. The van der Waals surface area contributed by atoms with Crippen LogP contribution in [0.25, 0.3) is 0 Å². The number of hydrogen-bond donors (Lipinski definition) is 0. The van der Waals surface area contributed by atoms with Crippen molar-refractivity contribution in [2.45, 2.75) is 20.8 Å². The molecule has 1 rings (SSSR count). The van der Waals surface area contributed by atoms with E-state index in [4.69, 9.17) is 11.6 Å². The Morgan fingerprint density at radius 2 is 2.07 bits per heavy atom. The molecule has 0 fully saturated rings. The van der Waals surface area contributed by atoms with Crippen LogP contribution in [0.1, 0.15) is 26.3 Å². The molecular formula is C12H15ClFN. The molecule has 0 heterocycles. The highest BCUT2D eigenvalue weighted by Gasteiger charge is 2.02. The highest BCUT2D eigenvalue weighted by Crippen LogP contribution is 2.16. The van der Waals surface area contributed by atoms with Crippen LogP contribution in [0.3, 0.4) is 0 Å². The summed E-state index contributed by atoms with van der Waals surface area (Å²) in [6, 6.07) is 4.49. The number of aliphatic imine (C=N–C) groups is 1. The Hall–Kier alpha value is -1.15. The second kappa shape index (κ2) is 7.18. The van der Waals surface area contributed by atoms with Crippen molar-refractivity contribution in [1.29, 1.82) is 0 Å². The summed E-state index contributed by atoms with van der Waals surface area (Å²) in [5.41, 5.74) is 1.56. The number of benzene rings is 1. The van der Waals surface area contributed by atoms with Gasteiger partial charge in [-0.2, -0.15) is 0 Å². The molecule has 3 heteroatoms. The molecule has 0 amide bonds. The predicted molar refractivity (Wildman–Crippen MR) is 65.2 cm³/mol. The zero-order valence-corrected chi connectivity index (χ0v) is 9.98. The van der Waals surface area contributed by atoms with Gasteiger partial charge in [0.15, 0.2) is 0 Å². The fourth-order valence-electron chi connectivity index (χ4n) is 0.933. The average molecular weight is 228 g/mol. The Labute approximate surface area is 95.3 Å².